The number of nitrogen functional groups attached to an aromatic ring is 1. The quantitative estimate of drug-likeness (QED) is 0.333. The molecule has 0 atom stereocenters. The number of rotatable bonds is 7. The molecule has 0 aliphatic heterocycles. The second-order valence-electron chi connectivity index (χ2n) is 8.50. The van der Waals surface area contributed by atoms with Crippen molar-refractivity contribution in [3.63, 3.8) is 0 Å². The van der Waals surface area contributed by atoms with Gasteiger partial charge < -0.3 is 15.1 Å². The summed E-state index contributed by atoms with van der Waals surface area (Å²) in [5.41, 5.74) is 9.61. The van der Waals surface area contributed by atoms with Crippen LogP contribution in [-0.4, -0.2) is 53.5 Å². The average molecular weight is 481 g/mol. The topological polar surface area (TPSA) is 134 Å². The van der Waals surface area contributed by atoms with Crippen molar-refractivity contribution < 1.29 is 13.5 Å². The van der Waals surface area contributed by atoms with Crippen molar-refractivity contribution in [3.8, 4) is 34.3 Å². The maximum atomic E-state index is 10.4. The van der Waals surface area contributed by atoms with E-state index in [0.29, 0.717) is 16.5 Å². The van der Waals surface area contributed by atoms with Crippen LogP contribution in [0.3, 0.4) is 0 Å². The lowest BCUT2D eigenvalue weighted by Crippen LogP contribution is -2.10. The van der Waals surface area contributed by atoms with E-state index in [-0.39, 0.29) is 22.7 Å². The normalized spacial score (nSPS) is 12.5. The van der Waals surface area contributed by atoms with Crippen molar-refractivity contribution in [3.05, 3.63) is 60.3 Å². The van der Waals surface area contributed by atoms with Crippen molar-refractivity contribution >= 4 is 16.4 Å². The Morgan fingerprint density at radius 3 is 2.18 bits per heavy atom. The summed E-state index contributed by atoms with van der Waals surface area (Å²) in [6.45, 7) is 4.39. The number of nitrogens with two attached hydrogens (primary N) is 1. The molecular formula is C24H28N6O3S. The summed E-state index contributed by atoms with van der Waals surface area (Å²) in [7, 11) is 1.18. The van der Waals surface area contributed by atoms with Gasteiger partial charge in [-0.3, -0.25) is 9.11 Å². The number of hydrogen-bond donors (Lipinski definition) is 3. The highest BCUT2D eigenvalue weighted by atomic mass is 32.3. The van der Waals surface area contributed by atoms with Gasteiger partial charge in [0.2, 0.25) is 5.89 Å². The predicted molar refractivity (Wildman–Crippen MR) is 134 cm³/mol. The Hall–Kier alpha value is -3.31. The number of hydrogen-bond acceptors (Lipinski definition) is 9. The highest BCUT2D eigenvalue weighted by Crippen LogP contribution is 2.52. The van der Waals surface area contributed by atoms with E-state index < -0.39 is 10.6 Å². The molecule has 178 valence electrons. The fourth-order valence-corrected chi connectivity index (χ4v) is 4.43. The van der Waals surface area contributed by atoms with Gasteiger partial charge in [0.15, 0.2) is 11.5 Å². The summed E-state index contributed by atoms with van der Waals surface area (Å²) in [5.74, 6) is 0.706. The molecule has 0 radical (unpaired) electrons. The van der Waals surface area contributed by atoms with Gasteiger partial charge in [0.25, 0.3) is 5.89 Å². The molecule has 0 saturated heterocycles. The Bertz CT molecular complexity index is 1270. The van der Waals surface area contributed by atoms with Gasteiger partial charge in [-0.25, -0.2) is 9.97 Å². The van der Waals surface area contributed by atoms with Crippen LogP contribution < -0.4 is 5.73 Å². The van der Waals surface area contributed by atoms with Gasteiger partial charge in [0.1, 0.15) is 0 Å². The van der Waals surface area contributed by atoms with Crippen LogP contribution in [0.15, 0.2) is 64.0 Å². The van der Waals surface area contributed by atoms with Crippen LogP contribution in [0.5, 0.6) is 0 Å². The molecule has 10 heteroatoms. The Kier molecular flexibility index (Phi) is 6.67. The fraction of sp³-hybridized carbons (Fsp3) is 0.250. The molecule has 0 spiro atoms. The van der Waals surface area contributed by atoms with E-state index in [2.05, 4.69) is 25.1 Å². The SMILES string of the molecule is CC(C)S(O)(O)c1ccc(-c2cnc(N)c(-c3nnc(-c4ccc(CN(C)C)cc4)o3)n2)cc1. The van der Waals surface area contributed by atoms with E-state index in [1.165, 1.54) is 5.56 Å². The summed E-state index contributed by atoms with van der Waals surface area (Å²) < 4.78 is 26.6. The smallest absolute Gasteiger partial charge is 0.270 e. The minimum atomic E-state index is -2.86. The highest BCUT2D eigenvalue weighted by molar-refractivity contribution is 8.24. The number of aromatic nitrogens is 4. The standard InChI is InChI=1S/C24H28N6O3S/c1-15(2)34(31,32)19-11-9-17(10-12-19)20-13-26-22(25)21(27-20)24-29-28-23(33-24)18-7-5-16(6-8-18)14-30(3)4/h5-13,15,31-32H,14H2,1-4H3,(H2,25,26). The van der Waals surface area contributed by atoms with Gasteiger partial charge in [0.05, 0.1) is 16.8 Å². The van der Waals surface area contributed by atoms with Crippen LogP contribution >= 0.6 is 10.6 Å². The molecule has 9 nitrogen and oxygen atoms in total. The van der Waals surface area contributed by atoms with Crippen LogP contribution in [0.25, 0.3) is 34.3 Å². The Balaban J connectivity index is 1.60. The van der Waals surface area contributed by atoms with E-state index >= 15 is 0 Å². The molecule has 0 aliphatic rings. The third kappa shape index (κ3) is 4.95. The molecule has 0 unspecified atom stereocenters. The van der Waals surface area contributed by atoms with Crippen molar-refractivity contribution in [2.45, 2.75) is 30.5 Å². The molecule has 34 heavy (non-hydrogen) atoms. The lowest BCUT2D eigenvalue weighted by atomic mass is 10.1. The average Bonchev–Trinajstić information content (AvgIpc) is 3.29. The molecule has 4 rings (SSSR count). The molecule has 2 heterocycles. The molecular weight excluding hydrogens is 452 g/mol. The zero-order chi connectivity index (χ0) is 24.5. The number of nitrogens with zero attached hydrogens (tertiary/aromatic N) is 5. The molecule has 0 fully saturated rings. The third-order valence-corrected chi connectivity index (χ3v) is 7.56. The molecule has 4 aromatic rings. The van der Waals surface area contributed by atoms with Crippen LogP contribution in [0.4, 0.5) is 5.82 Å². The van der Waals surface area contributed by atoms with E-state index in [4.69, 9.17) is 10.2 Å². The minimum absolute atomic E-state index is 0.171. The van der Waals surface area contributed by atoms with Gasteiger partial charge in [-0.1, -0.05) is 24.3 Å². The summed E-state index contributed by atoms with van der Waals surface area (Å²) in [5, 5.41) is 7.99. The summed E-state index contributed by atoms with van der Waals surface area (Å²) in [6.07, 6.45) is 1.55. The number of benzene rings is 2. The van der Waals surface area contributed by atoms with Crippen molar-refractivity contribution in [1.82, 2.24) is 25.1 Å². The summed E-state index contributed by atoms with van der Waals surface area (Å²) in [6, 6.07) is 14.8. The van der Waals surface area contributed by atoms with Gasteiger partial charge in [0, 0.05) is 22.9 Å². The van der Waals surface area contributed by atoms with Gasteiger partial charge in [-0.15, -0.1) is 10.2 Å². The van der Waals surface area contributed by atoms with Crippen molar-refractivity contribution in [2.75, 3.05) is 19.8 Å². The first-order valence-corrected chi connectivity index (χ1v) is 12.3. The van der Waals surface area contributed by atoms with Gasteiger partial charge >= 0.3 is 0 Å². The van der Waals surface area contributed by atoms with Crippen molar-refractivity contribution in [2.24, 2.45) is 0 Å². The van der Waals surface area contributed by atoms with E-state index in [1.807, 2.05) is 38.4 Å². The summed E-state index contributed by atoms with van der Waals surface area (Å²) >= 11 is 0. The van der Waals surface area contributed by atoms with Gasteiger partial charge in [-0.2, -0.15) is 10.6 Å². The van der Waals surface area contributed by atoms with Crippen molar-refractivity contribution in [1.29, 1.82) is 0 Å². The first-order valence-electron chi connectivity index (χ1n) is 10.7. The first kappa shape index (κ1) is 23.8. The maximum Gasteiger partial charge on any atom is 0.270 e. The Labute approximate surface area is 200 Å². The monoisotopic (exact) mass is 480 g/mol. The fourth-order valence-electron chi connectivity index (χ4n) is 3.35. The van der Waals surface area contributed by atoms with Crippen LogP contribution in [-0.2, 0) is 6.54 Å². The number of anilines is 1. The summed E-state index contributed by atoms with van der Waals surface area (Å²) in [4.78, 5) is 11.4. The Morgan fingerprint density at radius 1 is 0.941 bits per heavy atom. The van der Waals surface area contributed by atoms with E-state index in [1.54, 1.807) is 44.3 Å². The molecule has 4 N–H and O–H groups in total. The molecule has 0 bridgehead atoms. The van der Waals surface area contributed by atoms with E-state index in [0.717, 1.165) is 17.7 Å². The van der Waals surface area contributed by atoms with Crippen LogP contribution in [0.1, 0.15) is 19.4 Å². The maximum absolute atomic E-state index is 10.4. The first-order chi connectivity index (χ1) is 16.1. The second-order valence-corrected chi connectivity index (χ2v) is 11.1. The zero-order valence-corrected chi connectivity index (χ0v) is 20.3. The lowest BCUT2D eigenvalue weighted by molar-refractivity contribution is 0.402. The Morgan fingerprint density at radius 2 is 1.56 bits per heavy atom. The molecule has 0 aliphatic carbocycles. The molecule has 2 aromatic heterocycles. The third-order valence-electron chi connectivity index (χ3n) is 5.28. The van der Waals surface area contributed by atoms with E-state index in [9.17, 15) is 9.11 Å². The lowest BCUT2D eigenvalue weighted by Gasteiger charge is -2.36. The highest BCUT2D eigenvalue weighted by Gasteiger charge is 2.21. The van der Waals surface area contributed by atoms with Crippen LogP contribution in [0, 0.1) is 0 Å². The second kappa shape index (κ2) is 9.51. The van der Waals surface area contributed by atoms with Gasteiger partial charge in [-0.05, 0) is 57.8 Å². The minimum Gasteiger partial charge on any atom is -0.414 e. The zero-order valence-electron chi connectivity index (χ0n) is 19.5. The molecule has 0 saturated carbocycles. The largest absolute Gasteiger partial charge is 0.414 e. The predicted octanol–water partition coefficient (Wildman–Crippen LogP) is 5.02. The van der Waals surface area contributed by atoms with Crippen LogP contribution in [0.2, 0.25) is 0 Å². The molecule has 0 amide bonds. The molecule has 2 aromatic carbocycles.